The fourth-order valence-electron chi connectivity index (χ4n) is 0.966. The first-order valence-electron chi connectivity index (χ1n) is 5.10. The molecule has 0 aromatic rings. The van der Waals surface area contributed by atoms with Crippen molar-refractivity contribution < 1.29 is 0 Å². The van der Waals surface area contributed by atoms with Gasteiger partial charge in [0.15, 0.2) is 0 Å². The van der Waals surface area contributed by atoms with Crippen molar-refractivity contribution in [2.24, 2.45) is 5.92 Å². The highest BCUT2D eigenvalue weighted by Crippen LogP contribution is 2.08. The van der Waals surface area contributed by atoms with E-state index in [2.05, 4.69) is 12.2 Å². The van der Waals surface area contributed by atoms with E-state index in [4.69, 9.17) is 0 Å². The lowest BCUT2D eigenvalue weighted by Gasteiger charge is -2.17. The number of nitrogens with one attached hydrogen (secondary N) is 1. The first-order chi connectivity index (χ1) is 5.39. The molecule has 0 spiro atoms. The molecule has 1 heteroatoms. The monoisotopic (exact) mass is 159 g/mol. The van der Waals surface area contributed by atoms with Gasteiger partial charge in [0, 0.05) is 0 Å². The van der Waals surface area contributed by atoms with Crippen LogP contribution in [0.1, 0.15) is 47.5 Å². The van der Waals surface area contributed by atoms with Gasteiger partial charge in [-0.3, -0.25) is 0 Å². The maximum Gasteiger partial charge on any atom is -0.00464 e. The molecule has 0 bridgehead atoms. The summed E-state index contributed by atoms with van der Waals surface area (Å²) in [5.74, 6) is 0.973. The van der Waals surface area contributed by atoms with Crippen molar-refractivity contribution in [3.05, 3.63) is 0 Å². The van der Waals surface area contributed by atoms with Crippen molar-refractivity contribution in [3.8, 4) is 0 Å². The second-order valence-electron chi connectivity index (χ2n) is 2.43. The van der Waals surface area contributed by atoms with Gasteiger partial charge in [-0.25, -0.2) is 0 Å². The second kappa shape index (κ2) is 12.6. The lowest BCUT2D eigenvalue weighted by molar-refractivity contribution is 0.402. The lowest BCUT2D eigenvalue weighted by Crippen LogP contribution is -2.26. The van der Waals surface area contributed by atoms with Gasteiger partial charge >= 0.3 is 0 Å². The maximum atomic E-state index is 3.32. The summed E-state index contributed by atoms with van der Waals surface area (Å²) < 4.78 is 0. The Kier molecular flexibility index (Phi) is 15.5. The van der Waals surface area contributed by atoms with E-state index in [-0.39, 0.29) is 0 Å². The van der Waals surface area contributed by atoms with Crippen LogP contribution in [0.2, 0.25) is 0 Å². The summed E-state index contributed by atoms with van der Waals surface area (Å²) in [5.41, 5.74) is 0. The normalized spacial score (nSPS) is 17.2. The lowest BCUT2D eigenvalue weighted by atomic mass is 10.0. The van der Waals surface area contributed by atoms with Crippen molar-refractivity contribution >= 4 is 0 Å². The van der Waals surface area contributed by atoms with Gasteiger partial charge in [-0.05, 0) is 31.8 Å². The van der Waals surface area contributed by atoms with Gasteiger partial charge in [0.25, 0.3) is 0 Å². The molecule has 11 heavy (non-hydrogen) atoms. The Morgan fingerprint density at radius 3 is 1.45 bits per heavy atom. The first-order valence-corrected chi connectivity index (χ1v) is 5.10. The molecule has 0 amide bonds. The van der Waals surface area contributed by atoms with Crippen molar-refractivity contribution in [3.63, 3.8) is 0 Å². The average molecular weight is 159 g/mol. The molecule has 1 rings (SSSR count). The van der Waals surface area contributed by atoms with Gasteiger partial charge in [-0.15, -0.1) is 0 Å². The molecule has 0 aromatic carbocycles. The maximum absolute atomic E-state index is 3.32. The molecule has 1 fully saturated rings. The summed E-state index contributed by atoms with van der Waals surface area (Å²) in [6, 6.07) is 0. The van der Waals surface area contributed by atoms with Gasteiger partial charge in [-0.1, -0.05) is 34.6 Å². The van der Waals surface area contributed by atoms with Crippen LogP contribution in [-0.4, -0.2) is 13.1 Å². The largest absolute Gasteiger partial charge is 0.317 e. The Bertz CT molecular complexity index is 46.8. The number of piperidine rings is 1. The topological polar surface area (TPSA) is 12.0 Å². The Morgan fingerprint density at radius 2 is 1.27 bits per heavy atom. The summed E-state index contributed by atoms with van der Waals surface area (Å²) in [7, 11) is 0. The molecule has 1 heterocycles. The van der Waals surface area contributed by atoms with E-state index in [0.29, 0.717) is 0 Å². The van der Waals surface area contributed by atoms with E-state index in [0.717, 1.165) is 5.92 Å². The minimum atomic E-state index is 0.973. The highest BCUT2D eigenvalue weighted by atomic mass is 14.9. The summed E-state index contributed by atoms with van der Waals surface area (Å²) in [5, 5.41) is 3.32. The molecular formula is C10H25N. The molecule has 0 aliphatic carbocycles. The zero-order valence-electron chi connectivity index (χ0n) is 8.91. The van der Waals surface area contributed by atoms with Crippen LogP contribution in [0.25, 0.3) is 0 Å². The second-order valence-corrected chi connectivity index (χ2v) is 2.43. The van der Waals surface area contributed by atoms with Crippen LogP contribution >= 0.6 is 0 Å². The van der Waals surface area contributed by atoms with Crippen molar-refractivity contribution in [1.29, 1.82) is 0 Å². The average Bonchev–Trinajstić information content (AvgIpc) is 2.13. The van der Waals surface area contributed by atoms with Crippen LogP contribution < -0.4 is 5.32 Å². The van der Waals surface area contributed by atoms with E-state index in [1.807, 2.05) is 27.7 Å². The first kappa shape index (κ1) is 13.5. The fraction of sp³-hybridized carbons (Fsp3) is 1.00. The van der Waals surface area contributed by atoms with Gasteiger partial charge < -0.3 is 5.32 Å². The molecule has 1 aliphatic heterocycles. The van der Waals surface area contributed by atoms with Gasteiger partial charge in [0.05, 0.1) is 0 Å². The zero-order valence-corrected chi connectivity index (χ0v) is 8.91. The van der Waals surface area contributed by atoms with Gasteiger partial charge in [0.1, 0.15) is 0 Å². The molecule has 0 aromatic heterocycles. The van der Waals surface area contributed by atoms with Gasteiger partial charge in [-0.2, -0.15) is 0 Å². The van der Waals surface area contributed by atoms with Crippen LogP contribution in [0.4, 0.5) is 0 Å². The van der Waals surface area contributed by atoms with Crippen LogP contribution in [0.5, 0.6) is 0 Å². The third kappa shape index (κ3) is 9.96. The Balaban J connectivity index is 0. The highest BCUT2D eigenvalue weighted by molar-refractivity contribution is 4.62. The molecule has 0 unspecified atom stereocenters. The quantitative estimate of drug-likeness (QED) is 0.573. The van der Waals surface area contributed by atoms with Crippen LogP contribution in [0.15, 0.2) is 0 Å². The molecule has 0 saturated carbocycles. The van der Waals surface area contributed by atoms with E-state index in [1.165, 1.54) is 25.9 Å². The van der Waals surface area contributed by atoms with E-state index in [1.54, 1.807) is 0 Å². The Hall–Kier alpha value is -0.0400. The molecule has 1 N–H and O–H groups in total. The van der Waals surface area contributed by atoms with Crippen molar-refractivity contribution in [1.82, 2.24) is 5.32 Å². The summed E-state index contributed by atoms with van der Waals surface area (Å²) in [6.45, 7) is 12.8. The predicted octanol–water partition coefficient (Wildman–Crippen LogP) is 3.06. The number of rotatable bonds is 0. The van der Waals surface area contributed by atoms with Crippen LogP contribution in [0, 0.1) is 5.92 Å². The Morgan fingerprint density at radius 1 is 0.909 bits per heavy atom. The molecule has 1 aliphatic rings. The van der Waals surface area contributed by atoms with Gasteiger partial charge in [0.2, 0.25) is 0 Å². The smallest absolute Gasteiger partial charge is 0.00464 e. The molecule has 0 radical (unpaired) electrons. The van der Waals surface area contributed by atoms with E-state index >= 15 is 0 Å². The third-order valence-corrected chi connectivity index (χ3v) is 1.63. The SMILES string of the molecule is CC.CC.CC1CCNCC1. The highest BCUT2D eigenvalue weighted by Gasteiger charge is 2.04. The molecule has 0 atom stereocenters. The molecule has 70 valence electrons. The zero-order chi connectivity index (χ0) is 9.11. The summed E-state index contributed by atoms with van der Waals surface area (Å²) in [6.07, 6.45) is 2.75. The third-order valence-electron chi connectivity index (χ3n) is 1.63. The molecule has 1 saturated heterocycles. The van der Waals surface area contributed by atoms with Crippen LogP contribution in [0.3, 0.4) is 0 Å². The molecule has 1 nitrogen and oxygen atoms in total. The Labute approximate surface area is 72.6 Å². The summed E-state index contributed by atoms with van der Waals surface area (Å²) in [4.78, 5) is 0. The minimum Gasteiger partial charge on any atom is -0.317 e. The molecular weight excluding hydrogens is 134 g/mol. The van der Waals surface area contributed by atoms with E-state index in [9.17, 15) is 0 Å². The van der Waals surface area contributed by atoms with Crippen molar-refractivity contribution in [2.45, 2.75) is 47.5 Å². The van der Waals surface area contributed by atoms with Crippen LogP contribution in [-0.2, 0) is 0 Å². The summed E-state index contributed by atoms with van der Waals surface area (Å²) >= 11 is 0. The standard InChI is InChI=1S/C6H13N.2C2H6/c1-6-2-4-7-5-3-6;2*1-2/h6-7H,2-5H2,1H3;2*1-2H3. The predicted molar refractivity (Wildman–Crippen MR) is 54.0 cm³/mol. The van der Waals surface area contributed by atoms with Crippen molar-refractivity contribution in [2.75, 3.05) is 13.1 Å². The minimum absolute atomic E-state index is 0.973. The van der Waals surface area contributed by atoms with E-state index < -0.39 is 0 Å². The number of hydrogen-bond acceptors (Lipinski definition) is 1. The fourth-order valence-corrected chi connectivity index (χ4v) is 0.966. The number of hydrogen-bond donors (Lipinski definition) is 1.